The summed E-state index contributed by atoms with van der Waals surface area (Å²) in [6, 6.07) is 9.05. The van der Waals surface area contributed by atoms with E-state index in [1.165, 1.54) is 12.1 Å². The van der Waals surface area contributed by atoms with Gasteiger partial charge in [0, 0.05) is 29.5 Å². The largest absolute Gasteiger partial charge is 0.416 e. The molecule has 2 aromatic carbocycles. The number of halogens is 3. The minimum atomic E-state index is -4.49. The quantitative estimate of drug-likeness (QED) is 0.729. The molecule has 2 aromatic rings. The summed E-state index contributed by atoms with van der Waals surface area (Å²) < 4.78 is 38.4. The number of nitrogens with zero attached hydrogens (tertiary/aromatic N) is 1. The number of fused-ring (bicyclic) bond motifs is 1. The van der Waals surface area contributed by atoms with E-state index >= 15 is 0 Å². The van der Waals surface area contributed by atoms with Gasteiger partial charge in [-0.05, 0) is 48.7 Å². The summed E-state index contributed by atoms with van der Waals surface area (Å²) in [4.78, 5) is 26.5. The van der Waals surface area contributed by atoms with Crippen LogP contribution in [-0.2, 0) is 17.4 Å². The Morgan fingerprint density at radius 1 is 1.03 bits per heavy atom. The molecule has 29 heavy (non-hydrogen) atoms. The Morgan fingerprint density at radius 2 is 1.72 bits per heavy atom. The minimum absolute atomic E-state index is 0.0107. The van der Waals surface area contributed by atoms with Crippen LogP contribution in [0, 0.1) is 5.92 Å². The third kappa shape index (κ3) is 4.88. The first-order chi connectivity index (χ1) is 13.6. The van der Waals surface area contributed by atoms with Gasteiger partial charge in [-0.25, -0.2) is 4.79 Å². The lowest BCUT2D eigenvalue weighted by Gasteiger charge is -2.31. The number of carbonyl (C=O) groups excluding carboxylic acids is 2. The molecule has 0 aliphatic carbocycles. The Labute approximate surface area is 166 Å². The summed E-state index contributed by atoms with van der Waals surface area (Å²) in [7, 11) is 0. The molecule has 0 radical (unpaired) electrons. The Bertz CT molecular complexity index is 926. The zero-order chi connectivity index (χ0) is 21.2. The second-order valence-corrected chi connectivity index (χ2v) is 7.25. The molecule has 0 unspecified atom stereocenters. The van der Waals surface area contributed by atoms with Gasteiger partial charge in [-0.1, -0.05) is 26.0 Å². The maximum atomic E-state index is 12.8. The lowest BCUT2D eigenvalue weighted by atomic mass is 9.99. The van der Waals surface area contributed by atoms with Crippen LogP contribution in [0.4, 0.5) is 35.0 Å². The van der Waals surface area contributed by atoms with E-state index in [1.807, 2.05) is 19.9 Å². The van der Waals surface area contributed by atoms with Gasteiger partial charge in [0.2, 0.25) is 5.91 Å². The number of urea groups is 1. The Morgan fingerprint density at radius 3 is 2.38 bits per heavy atom. The molecule has 0 saturated heterocycles. The highest BCUT2D eigenvalue weighted by Gasteiger charge is 2.30. The van der Waals surface area contributed by atoms with Crippen molar-refractivity contribution in [1.82, 2.24) is 0 Å². The monoisotopic (exact) mass is 405 g/mol. The molecule has 2 N–H and O–H groups in total. The molecule has 0 aromatic heterocycles. The number of hydrogen-bond donors (Lipinski definition) is 2. The number of amides is 3. The summed E-state index contributed by atoms with van der Waals surface area (Å²) in [6.45, 7) is 4.28. The van der Waals surface area contributed by atoms with Gasteiger partial charge in [0.05, 0.1) is 5.56 Å². The molecule has 5 nitrogen and oxygen atoms in total. The first-order valence-electron chi connectivity index (χ1n) is 9.34. The first-order valence-corrected chi connectivity index (χ1v) is 9.34. The highest BCUT2D eigenvalue weighted by Crippen LogP contribution is 2.32. The summed E-state index contributed by atoms with van der Waals surface area (Å²) in [5, 5.41) is 5.02. The number of rotatable bonds is 3. The van der Waals surface area contributed by atoms with E-state index in [0.29, 0.717) is 12.2 Å². The van der Waals surface area contributed by atoms with Crippen molar-refractivity contribution in [2.75, 3.05) is 22.1 Å². The summed E-state index contributed by atoms with van der Waals surface area (Å²) in [5.41, 5.74) is 1.43. The topological polar surface area (TPSA) is 61.4 Å². The molecule has 1 aliphatic heterocycles. The van der Waals surface area contributed by atoms with Crippen LogP contribution < -0.4 is 15.5 Å². The van der Waals surface area contributed by atoms with Crippen LogP contribution in [0.1, 0.15) is 31.4 Å². The molecular weight excluding hydrogens is 383 g/mol. The second-order valence-electron chi connectivity index (χ2n) is 7.25. The zero-order valence-electron chi connectivity index (χ0n) is 16.1. The van der Waals surface area contributed by atoms with E-state index in [0.717, 1.165) is 36.2 Å². The average Bonchev–Trinajstić information content (AvgIpc) is 2.66. The van der Waals surface area contributed by atoms with Crippen molar-refractivity contribution >= 4 is 29.0 Å². The summed E-state index contributed by atoms with van der Waals surface area (Å²) >= 11 is 0. The highest BCUT2D eigenvalue weighted by molar-refractivity contribution is 6.01. The Kier molecular flexibility index (Phi) is 5.81. The molecule has 3 amide bonds. The first kappa shape index (κ1) is 20.7. The molecule has 0 spiro atoms. The molecule has 0 bridgehead atoms. The fraction of sp³-hybridized carbons (Fsp3) is 0.333. The van der Waals surface area contributed by atoms with Crippen LogP contribution in [0.5, 0.6) is 0 Å². The van der Waals surface area contributed by atoms with Crippen molar-refractivity contribution in [3.63, 3.8) is 0 Å². The number of anilines is 3. The molecule has 8 heteroatoms. The molecular formula is C21H22F3N3O2. The standard InChI is InChI=1S/C21H22F3N3O2/c1-13(2)19(28)27-10-4-5-14-8-9-17(12-18(14)27)26-20(29)25-16-7-3-6-15(11-16)21(22,23)24/h3,6-9,11-13H,4-5,10H2,1-2H3,(H2,25,26,29). The van der Waals surface area contributed by atoms with Crippen LogP contribution in [0.25, 0.3) is 0 Å². The highest BCUT2D eigenvalue weighted by atomic mass is 19.4. The van der Waals surface area contributed by atoms with E-state index in [-0.39, 0.29) is 17.5 Å². The van der Waals surface area contributed by atoms with Crippen LogP contribution in [-0.4, -0.2) is 18.5 Å². The summed E-state index contributed by atoms with van der Waals surface area (Å²) in [6.07, 6.45) is -2.78. The van der Waals surface area contributed by atoms with Gasteiger partial charge in [-0.2, -0.15) is 13.2 Å². The van der Waals surface area contributed by atoms with Crippen LogP contribution in [0.3, 0.4) is 0 Å². The van der Waals surface area contributed by atoms with Crippen molar-refractivity contribution in [2.24, 2.45) is 5.92 Å². The maximum absolute atomic E-state index is 12.8. The van der Waals surface area contributed by atoms with Gasteiger partial charge in [-0.3, -0.25) is 4.79 Å². The molecule has 3 rings (SSSR count). The van der Waals surface area contributed by atoms with E-state index in [4.69, 9.17) is 0 Å². The molecule has 154 valence electrons. The van der Waals surface area contributed by atoms with Gasteiger partial charge in [-0.15, -0.1) is 0 Å². The SMILES string of the molecule is CC(C)C(=O)N1CCCc2ccc(NC(=O)Nc3cccc(C(F)(F)F)c3)cc21. The van der Waals surface area contributed by atoms with Crippen LogP contribution in [0.15, 0.2) is 42.5 Å². The van der Waals surface area contributed by atoms with Gasteiger partial charge in [0.25, 0.3) is 0 Å². The van der Waals surface area contributed by atoms with Crippen molar-refractivity contribution in [3.05, 3.63) is 53.6 Å². The van der Waals surface area contributed by atoms with E-state index < -0.39 is 17.8 Å². The smallest absolute Gasteiger partial charge is 0.312 e. The fourth-order valence-corrected chi connectivity index (χ4v) is 3.26. The van der Waals surface area contributed by atoms with Crippen molar-refractivity contribution in [1.29, 1.82) is 0 Å². The van der Waals surface area contributed by atoms with Crippen molar-refractivity contribution in [3.8, 4) is 0 Å². The average molecular weight is 405 g/mol. The molecule has 0 fully saturated rings. The number of carbonyl (C=O) groups is 2. The third-order valence-electron chi connectivity index (χ3n) is 4.67. The molecule has 0 atom stereocenters. The summed E-state index contributed by atoms with van der Waals surface area (Å²) in [5.74, 6) is -0.140. The number of alkyl halides is 3. The molecule has 1 heterocycles. The zero-order valence-corrected chi connectivity index (χ0v) is 16.1. The van der Waals surface area contributed by atoms with Gasteiger partial charge < -0.3 is 15.5 Å². The number of nitrogens with one attached hydrogen (secondary N) is 2. The van der Waals surface area contributed by atoms with E-state index in [9.17, 15) is 22.8 Å². The third-order valence-corrected chi connectivity index (χ3v) is 4.67. The van der Waals surface area contributed by atoms with Crippen molar-refractivity contribution < 1.29 is 22.8 Å². The Balaban J connectivity index is 1.75. The number of hydrogen-bond acceptors (Lipinski definition) is 2. The normalized spacial score (nSPS) is 13.8. The molecule has 0 saturated carbocycles. The van der Waals surface area contributed by atoms with Crippen LogP contribution in [0.2, 0.25) is 0 Å². The van der Waals surface area contributed by atoms with Gasteiger partial charge >= 0.3 is 12.2 Å². The van der Waals surface area contributed by atoms with Gasteiger partial charge in [0.1, 0.15) is 0 Å². The molecule has 1 aliphatic rings. The minimum Gasteiger partial charge on any atom is -0.312 e. The fourth-order valence-electron chi connectivity index (χ4n) is 3.26. The predicted molar refractivity (Wildman–Crippen MR) is 106 cm³/mol. The lowest BCUT2D eigenvalue weighted by Crippen LogP contribution is -2.38. The maximum Gasteiger partial charge on any atom is 0.416 e. The van der Waals surface area contributed by atoms with E-state index in [2.05, 4.69) is 10.6 Å². The van der Waals surface area contributed by atoms with Crippen LogP contribution >= 0.6 is 0 Å². The number of aryl methyl sites for hydroxylation is 1. The second kappa shape index (κ2) is 8.14. The van der Waals surface area contributed by atoms with E-state index in [1.54, 1.807) is 17.0 Å². The number of benzene rings is 2. The predicted octanol–water partition coefficient (Wildman–Crippen LogP) is 5.28. The van der Waals surface area contributed by atoms with Crippen molar-refractivity contribution in [2.45, 2.75) is 32.9 Å². The lowest BCUT2D eigenvalue weighted by molar-refractivity contribution is -0.137. The van der Waals surface area contributed by atoms with Gasteiger partial charge in [0.15, 0.2) is 0 Å². The Hall–Kier alpha value is -3.03.